The zero-order valence-corrected chi connectivity index (χ0v) is 17.9. The molecule has 0 bridgehead atoms. The number of hydrogen-bond donors (Lipinski definition) is 0. The Balaban J connectivity index is 1.56. The first-order valence-corrected chi connectivity index (χ1v) is 12.0. The van der Waals surface area contributed by atoms with Gasteiger partial charge in [0.25, 0.3) is 0 Å². The molecule has 0 unspecified atom stereocenters. The van der Waals surface area contributed by atoms with Crippen molar-refractivity contribution in [2.24, 2.45) is 28.6 Å². The van der Waals surface area contributed by atoms with Crippen LogP contribution in [0.25, 0.3) is 0 Å². The Bertz CT molecular complexity index is 692. The van der Waals surface area contributed by atoms with Crippen LogP contribution in [0.3, 0.4) is 0 Å². The van der Waals surface area contributed by atoms with Gasteiger partial charge in [-0.05, 0) is 67.3 Å². The molecule has 3 fully saturated rings. The van der Waals surface area contributed by atoms with Crippen LogP contribution in [0, 0.1) is 28.6 Å². The van der Waals surface area contributed by atoms with Gasteiger partial charge in [-0.2, -0.15) is 11.8 Å². The lowest BCUT2D eigenvalue weighted by Crippen LogP contribution is -2.54. The molecular formula is C24H34O2S. The molecule has 0 spiro atoms. The van der Waals surface area contributed by atoms with Crippen molar-refractivity contribution in [3.63, 3.8) is 0 Å². The van der Waals surface area contributed by atoms with Crippen molar-refractivity contribution in [1.82, 2.24) is 0 Å². The molecule has 2 nitrogen and oxygen atoms in total. The van der Waals surface area contributed by atoms with Gasteiger partial charge in [0.2, 0.25) is 0 Å². The molecule has 6 atom stereocenters. The molecule has 148 valence electrons. The molecule has 0 aliphatic heterocycles. The second kappa shape index (κ2) is 7.21. The van der Waals surface area contributed by atoms with Gasteiger partial charge in [-0.15, -0.1) is 0 Å². The van der Waals surface area contributed by atoms with Gasteiger partial charge in [0.15, 0.2) is 5.78 Å². The Morgan fingerprint density at radius 1 is 1.15 bits per heavy atom. The van der Waals surface area contributed by atoms with E-state index in [1.165, 1.54) is 43.4 Å². The molecular weight excluding hydrogens is 352 g/mol. The fraction of sp³-hybridized carbons (Fsp3) is 0.750. The Hall–Kier alpha value is -0.830. The summed E-state index contributed by atoms with van der Waals surface area (Å²) in [5.74, 6) is 3.07. The van der Waals surface area contributed by atoms with Gasteiger partial charge < -0.3 is 0 Å². The van der Waals surface area contributed by atoms with Crippen LogP contribution in [-0.4, -0.2) is 22.6 Å². The van der Waals surface area contributed by atoms with Gasteiger partial charge in [0.1, 0.15) is 5.78 Å². The zero-order chi connectivity index (χ0) is 19.2. The van der Waals surface area contributed by atoms with Crippen LogP contribution < -0.4 is 0 Å². The van der Waals surface area contributed by atoms with E-state index in [-0.39, 0.29) is 22.5 Å². The number of carbonyl (C=O) groups is 2. The van der Waals surface area contributed by atoms with Crippen LogP contribution in [-0.2, 0) is 9.59 Å². The third-order valence-electron chi connectivity index (χ3n) is 8.23. The van der Waals surface area contributed by atoms with Gasteiger partial charge in [0.05, 0.1) is 0 Å². The van der Waals surface area contributed by atoms with Gasteiger partial charge in [-0.3, -0.25) is 9.59 Å². The molecule has 0 heterocycles. The first kappa shape index (κ1) is 19.5. The van der Waals surface area contributed by atoms with Crippen LogP contribution >= 0.6 is 11.8 Å². The maximum atomic E-state index is 13.5. The van der Waals surface area contributed by atoms with Crippen LogP contribution in [0.15, 0.2) is 23.8 Å². The Morgan fingerprint density at radius 2 is 1.96 bits per heavy atom. The second-order valence-corrected chi connectivity index (χ2v) is 11.1. The van der Waals surface area contributed by atoms with Gasteiger partial charge in [0, 0.05) is 23.0 Å². The van der Waals surface area contributed by atoms with Crippen LogP contribution in [0.5, 0.6) is 0 Å². The molecule has 0 saturated heterocycles. The average Bonchev–Trinajstić information content (AvgIpc) is 2.95. The van der Waals surface area contributed by atoms with Crippen molar-refractivity contribution < 1.29 is 9.59 Å². The SMILES string of the molecule is CCCCCS[C@@H]1CC[C@H]2[C@@H]3CCC4=CC(=O)C=C[C@]4(C)[C@H]3C(=O)C[C@]12C. The number of ketones is 2. The smallest absolute Gasteiger partial charge is 0.178 e. The molecule has 4 rings (SSSR count). The fourth-order valence-electron chi connectivity index (χ4n) is 6.84. The minimum absolute atomic E-state index is 0.0868. The molecule has 3 saturated carbocycles. The van der Waals surface area contributed by atoms with Crippen molar-refractivity contribution in [2.45, 2.75) is 77.4 Å². The first-order chi connectivity index (χ1) is 12.9. The minimum atomic E-state index is -0.221. The molecule has 0 aromatic carbocycles. The average molecular weight is 387 g/mol. The molecule has 0 amide bonds. The number of Topliss-reactive ketones (excluding diaryl/α,β-unsaturated/α-hetero) is 1. The standard InChI is InChI=1S/C24H34O2S/c1-4-5-6-13-27-21-10-9-19-18-8-7-16-14-17(25)11-12-23(16,2)22(18)20(26)15-24(19,21)3/h11-12,14,18-19,21-22H,4-10,13,15H2,1-3H3/t18-,19-,21+,22+,23-,24-/m0/s1. The summed E-state index contributed by atoms with van der Waals surface area (Å²) in [6.45, 7) is 6.90. The van der Waals surface area contributed by atoms with Gasteiger partial charge >= 0.3 is 0 Å². The summed E-state index contributed by atoms with van der Waals surface area (Å²) < 4.78 is 0. The van der Waals surface area contributed by atoms with Crippen LogP contribution in [0.1, 0.15) is 72.1 Å². The Labute approximate surface area is 168 Å². The topological polar surface area (TPSA) is 34.1 Å². The Kier molecular flexibility index (Phi) is 5.20. The quantitative estimate of drug-likeness (QED) is 0.563. The highest BCUT2D eigenvalue weighted by molar-refractivity contribution is 7.99. The number of unbranched alkanes of at least 4 members (excludes halogenated alkanes) is 2. The molecule has 0 aromatic rings. The highest BCUT2D eigenvalue weighted by atomic mass is 32.2. The van der Waals surface area contributed by atoms with Gasteiger partial charge in [-0.25, -0.2) is 0 Å². The van der Waals surface area contributed by atoms with E-state index in [0.717, 1.165) is 19.3 Å². The highest BCUT2D eigenvalue weighted by Crippen LogP contribution is 2.65. The molecule has 4 aliphatic carbocycles. The number of hydrogen-bond acceptors (Lipinski definition) is 3. The number of fused-ring (bicyclic) bond motifs is 5. The van der Waals surface area contributed by atoms with Crippen molar-refractivity contribution in [3.05, 3.63) is 23.8 Å². The van der Waals surface area contributed by atoms with E-state index in [4.69, 9.17) is 0 Å². The summed E-state index contributed by atoms with van der Waals surface area (Å²) in [5, 5.41) is 0.650. The lowest BCUT2D eigenvalue weighted by atomic mass is 9.48. The monoisotopic (exact) mass is 386 g/mol. The second-order valence-electron chi connectivity index (χ2n) is 9.77. The van der Waals surface area contributed by atoms with Crippen molar-refractivity contribution in [1.29, 1.82) is 0 Å². The van der Waals surface area contributed by atoms with E-state index in [9.17, 15) is 9.59 Å². The van der Waals surface area contributed by atoms with Crippen molar-refractivity contribution in [2.75, 3.05) is 5.75 Å². The van der Waals surface area contributed by atoms with E-state index in [1.807, 2.05) is 6.08 Å². The minimum Gasteiger partial charge on any atom is -0.299 e. The third kappa shape index (κ3) is 3.09. The molecule has 27 heavy (non-hydrogen) atoms. The normalized spacial score (nSPS) is 43.1. The van der Waals surface area contributed by atoms with Crippen molar-refractivity contribution >= 4 is 23.3 Å². The summed E-state index contributed by atoms with van der Waals surface area (Å²) in [7, 11) is 0. The zero-order valence-electron chi connectivity index (χ0n) is 17.1. The molecule has 3 heteroatoms. The predicted octanol–water partition coefficient (Wildman–Crippen LogP) is 5.77. The summed E-state index contributed by atoms with van der Waals surface area (Å²) >= 11 is 2.15. The molecule has 0 aromatic heterocycles. The fourth-order valence-corrected chi connectivity index (χ4v) is 8.43. The predicted molar refractivity (Wildman–Crippen MR) is 113 cm³/mol. The third-order valence-corrected chi connectivity index (χ3v) is 9.93. The van der Waals surface area contributed by atoms with Crippen LogP contribution in [0.4, 0.5) is 0 Å². The van der Waals surface area contributed by atoms with Gasteiger partial charge in [-0.1, -0.05) is 45.3 Å². The van der Waals surface area contributed by atoms with E-state index in [2.05, 4.69) is 38.6 Å². The number of thioether (sulfide) groups is 1. The molecule has 0 radical (unpaired) electrons. The summed E-state index contributed by atoms with van der Waals surface area (Å²) in [5.41, 5.74) is 1.17. The lowest BCUT2D eigenvalue weighted by Gasteiger charge is -2.55. The van der Waals surface area contributed by atoms with E-state index in [1.54, 1.807) is 6.08 Å². The number of carbonyl (C=O) groups excluding carboxylic acids is 2. The van der Waals surface area contributed by atoms with E-state index >= 15 is 0 Å². The maximum Gasteiger partial charge on any atom is 0.178 e. The molecule has 0 N–H and O–H groups in total. The summed E-state index contributed by atoms with van der Waals surface area (Å²) in [4.78, 5) is 25.4. The summed E-state index contributed by atoms with van der Waals surface area (Å²) in [6.07, 6.45) is 14.9. The van der Waals surface area contributed by atoms with E-state index < -0.39 is 0 Å². The first-order valence-electron chi connectivity index (χ1n) is 11.0. The largest absolute Gasteiger partial charge is 0.299 e. The summed E-state index contributed by atoms with van der Waals surface area (Å²) in [6, 6.07) is 0. The highest BCUT2D eigenvalue weighted by Gasteiger charge is 2.61. The Morgan fingerprint density at radius 3 is 2.74 bits per heavy atom. The van der Waals surface area contributed by atoms with Crippen LogP contribution in [0.2, 0.25) is 0 Å². The van der Waals surface area contributed by atoms with E-state index in [0.29, 0.717) is 22.9 Å². The lowest BCUT2D eigenvalue weighted by molar-refractivity contribution is -0.140. The molecule has 4 aliphatic rings. The maximum absolute atomic E-state index is 13.5. The van der Waals surface area contributed by atoms with Crippen molar-refractivity contribution in [3.8, 4) is 0 Å². The number of allylic oxidation sites excluding steroid dienone is 4. The number of rotatable bonds is 5.